The zero-order chi connectivity index (χ0) is 15.4. The van der Waals surface area contributed by atoms with Crippen LogP contribution in [0, 0.1) is 0 Å². The topological polar surface area (TPSA) is 57.8 Å². The maximum Gasteiger partial charge on any atom is 0.271 e. The Hall–Kier alpha value is -1.52. The molecular formula is C15H17Cl2N3O. The van der Waals surface area contributed by atoms with Gasteiger partial charge in [0.1, 0.15) is 5.69 Å². The summed E-state index contributed by atoms with van der Waals surface area (Å²) >= 11 is 11.9. The highest BCUT2D eigenvalue weighted by Crippen LogP contribution is 2.19. The van der Waals surface area contributed by atoms with Crippen LogP contribution in [0.2, 0.25) is 10.0 Å². The van der Waals surface area contributed by atoms with Crippen molar-refractivity contribution in [2.45, 2.75) is 26.2 Å². The summed E-state index contributed by atoms with van der Waals surface area (Å²) in [7, 11) is 0. The Balaban J connectivity index is 1.89. The van der Waals surface area contributed by atoms with Crippen molar-refractivity contribution in [2.24, 2.45) is 0 Å². The fourth-order valence-corrected chi connectivity index (χ4v) is 2.49. The molecule has 0 saturated carbocycles. The van der Waals surface area contributed by atoms with Crippen molar-refractivity contribution < 1.29 is 4.79 Å². The normalized spacial score (nSPS) is 10.9. The number of aromatic amines is 1. The van der Waals surface area contributed by atoms with Gasteiger partial charge < -0.3 is 5.32 Å². The summed E-state index contributed by atoms with van der Waals surface area (Å²) in [6.07, 6.45) is 0.660. The van der Waals surface area contributed by atoms with E-state index in [9.17, 15) is 4.79 Å². The number of amides is 1. The van der Waals surface area contributed by atoms with Crippen LogP contribution in [-0.2, 0) is 6.42 Å². The van der Waals surface area contributed by atoms with Crippen LogP contribution in [0.3, 0.4) is 0 Å². The SMILES string of the molecule is CC(C)c1cc(C(=O)NCCc2cc(Cl)cc(Cl)c2)n[nH]1. The Kier molecular flexibility index (Phi) is 5.26. The molecule has 2 aromatic rings. The Labute approximate surface area is 133 Å². The van der Waals surface area contributed by atoms with Crippen LogP contribution in [0.5, 0.6) is 0 Å². The maximum atomic E-state index is 12.0. The first-order valence-electron chi connectivity index (χ1n) is 6.74. The Morgan fingerprint density at radius 3 is 2.48 bits per heavy atom. The summed E-state index contributed by atoms with van der Waals surface area (Å²) in [5.74, 6) is 0.124. The summed E-state index contributed by atoms with van der Waals surface area (Å²) in [6, 6.07) is 7.13. The number of halogens is 2. The van der Waals surface area contributed by atoms with E-state index in [1.165, 1.54) is 0 Å². The average molecular weight is 326 g/mol. The number of nitrogens with one attached hydrogen (secondary N) is 2. The first-order chi connectivity index (χ1) is 9.95. The third-order valence-electron chi connectivity index (χ3n) is 3.07. The molecule has 0 radical (unpaired) electrons. The van der Waals surface area contributed by atoms with Gasteiger partial charge in [-0.2, -0.15) is 5.10 Å². The molecule has 2 N–H and O–H groups in total. The molecule has 0 saturated heterocycles. The van der Waals surface area contributed by atoms with Crippen molar-refractivity contribution in [3.8, 4) is 0 Å². The zero-order valence-electron chi connectivity index (χ0n) is 11.9. The van der Waals surface area contributed by atoms with Crippen LogP contribution < -0.4 is 5.32 Å². The van der Waals surface area contributed by atoms with Gasteiger partial charge in [-0.3, -0.25) is 9.89 Å². The van der Waals surface area contributed by atoms with Gasteiger partial charge in [0.2, 0.25) is 0 Å². The van der Waals surface area contributed by atoms with Gasteiger partial charge in [-0.15, -0.1) is 0 Å². The van der Waals surface area contributed by atoms with E-state index in [4.69, 9.17) is 23.2 Å². The number of aromatic nitrogens is 2. The quantitative estimate of drug-likeness (QED) is 0.878. The molecule has 1 amide bonds. The molecule has 1 aromatic carbocycles. The van der Waals surface area contributed by atoms with E-state index in [1.807, 2.05) is 26.0 Å². The Morgan fingerprint density at radius 2 is 1.90 bits per heavy atom. The van der Waals surface area contributed by atoms with E-state index < -0.39 is 0 Å². The summed E-state index contributed by atoms with van der Waals surface area (Å²) in [5, 5.41) is 10.9. The van der Waals surface area contributed by atoms with Gasteiger partial charge in [0.25, 0.3) is 5.91 Å². The zero-order valence-corrected chi connectivity index (χ0v) is 13.4. The highest BCUT2D eigenvalue weighted by atomic mass is 35.5. The van der Waals surface area contributed by atoms with Crippen LogP contribution in [0.25, 0.3) is 0 Å². The van der Waals surface area contributed by atoms with E-state index in [-0.39, 0.29) is 5.91 Å². The van der Waals surface area contributed by atoms with Crippen molar-refractivity contribution in [1.29, 1.82) is 0 Å². The first kappa shape index (κ1) is 15.9. The number of hydrogen-bond donors (Lipinski definition) is 2. The van der Waals surface area contributed by atoms with Crippen LogP contribution >= 0.6 is 23.2 Å². The number of hydrogen-bond acceptors (Lipinski definition) is 2. The lowest BCUT2D eigenvalue weighted by Gasteiger charge is -2.05. The summed E-state index contributed by atoms with van der Waals surface area (Å²) in [5.41, 5.74) is 2.34. The predicted octanol–water partition coefficient (Wildman–Crippen LogP) is 3.81. The summed E-state index contributed by atoms with van der Waals surface area (Å²) in [4.78, 5) is 12.0. The fraction of sp³-hybridized carbons (Fsp3) is 0.333. The molecule has 0 spiro atoms. The van der Waals surface area contributed by atoms with E-state index in [1.54, 1.807) is 12.1 Å². The molecule has 0 aliphatic heterocycles. The van der Waals surface area contributed by atoms with Gasteiger partial charge in [0.05, 0.1) is 0 Å². The molecule has 1 aromatic heterocycles. The van der Waals surface area contributed by atoms with Crippen LogP contribution in [0.4, 0.5) is 0 Å². The highest BCUT2D eigenvalue weighted by Gasteiger charge is 2.11. The smallest absolute Gasteiger partial charge is 0.271 e. The van der Waals surface area contributed by atoms with Crippen molar-refractivity contribution >= 4 is 29.1 Å². The van der Waals surface area contributed by atoms with Gasteiger partial charge >= 0.3 is 0 Å². The molecule has 6 heteroatoms. The van der Waals surface area contributed by atoms with Crippen LogP contribution in [0.15, 0.2) is 24.3 Å². The van der Waals surface area contributed by atoms with Gasteiger partial charge in [0.15, 0.2) is 0 Å². The molecule has 21 heavy (non-hydrogen) atoms. The standard InChI is InChI=1S/C15H17Cl2N3O/c1-9(2)13-8-14(20-19-13)15(21)18-4-3-10-5-11(16)7-12(17)6-10/h5-9H,3-4H2,1-2H3,(H,18,21)(H,19,20). The molecule has 0 atom stereocenters. The second kappa shape index (κ2) is 6.96. The molecule has 0 unspecified atom stereocenters. The summed E-state index contributed by atoms with van der Waals surface area (Å²) in [6.45, 7) is 4.58. The van der Waals surface area contributed by atoms with Crippen LogP contribution in [0.1, 0.15) is 41.5 Å². The number of carbonyl (C=O) groups excluding carboxylic acids is 1. The van der Waals surface area contributed by atoms with E-state index in [0.717, 1.165) is 11.3 Å². The molecule has 0 bridgehead atoms. The van der Waals surface area contributed by atoms with Gasteiger partial charge in [0, 0.05) is 22.3 Å². The maximum absolute atomic E-state index is 12.0. The van der Waals surface area contributed by atoms with Crippen molar-refractivity contribution in [3.05, 3.63) is 51.3 Å². The third-order valence-corrected chi connectivity index (χ3v) is 3.51. The predicted molar refractivity (Wildman–Crippen MR) is 85.2 cm³/mol. The minimum absolute atomic E-state index is 0.189. The monoisotopic (exact) mass is 325 g/mol. The highest BCUT2D eigenvalue weighted by molar-refractivity contribution is 6.34. The van der Waals surface area contributed by atoms with Gasteiger partial charge in [-0.25, -0.2) is 0 Å². The second-order valence-electron chi connectivity index (χ2n) is 5.15. The molecule has 1 heterocycles. The lowest BCUT2D eigenvalue weighted by Crippen LogP contribution is -2.26. The molecule has 2 rings (SSSR count). The molecule has 0 aliphatic carbocycles. The van der Waals surface area contributed by atoms with E-state index in [2.05, 4.69) is 15.5 Å². The largest absolute Gasteiger partial charge is 0.350 e. The minimum Gasteiger partial charge on any atom is -0.350 e. The summed E-state index contributed by atoms with van der Waals surface area (Å²) < 4.78 is 0. The second-order valence-corrected chi connectivity index (χ2v) is 6.02. The number of nitrogens with zero attached hydrogens (tertiary/aromatic N) is 1. The van der Waals surface area contributed by atoms with Gasteiger partial charge in [-0.1, -0.05) is 37.0 Å². The molecule has 112 valence electrons. The Morgan fingerprint density at radius 1 is 1.24 bits per heavy atom. The minimum atomic E-state index is -0.189. The molecule has 4 nitrogen and oxygen atoms in total. The lowest BCUT2D eigenvalue weighted by molar-refractivity contribution is 0.0949. The van der Waals surface area contributed by atoms with E-state index in [0.29, 0.717) is 34.6 Å². The van der Waals surface area contributed by atoms with E-state index >= 15 is 0 Å². The average Bonchev–Trinajstić information content (AvgIpc) is 2.87. The fourth-order valence-electron chi connectivity index (χ4n) is 1.91. The van der Waals surface area contributed by atoms with Crippen molar-refractivity contribution in [3.63, 3.8) is 0 Å². The molecule has 0 fully saturated rings. The number of carbonyl (C=O) groups is 1. The number of rotatable bonds is 5. The van der Waals surface area contributed by atoms with Crippen molar-refractivity contribution in [2.75, 3.05) is 6.54 Å². The third kappa shape index (κ3) is 4.48. The first-order valence-corrected chi connectivity index (χ1v) is 7.50. The Bertz CT molecular complexity index is 617. The molecule has 0 aliphatic rings. The molecular weight excluding hydrogens is 309 g/mol. The number of H-pyrrole nitrogens is 1. The van der Waals surface area contributed by atoms with Crippen molar-refractivity contribution in [1.82, 2.24) is 15.5 Å². The van der Waals surface area contributed by atoms with Crippen LogP contribution in [-0.4, -0.2) is 22.6 Å². The van der Waals surface area contributed by atoms with Gasteiger partial charge in [-0.05, 0) is 42.2 Å². The lowest BCUT2D eigenvalue weighted by atomic mass is 10.1. The number of benzene rings is 1.